The van der Waals surface area contributed by atoms with Crippen molar-refractivity contribution >= 4 is 11.9 Å². The minimum atomic E-state index is -0.968. The van der Waals surface area contributed by atoms with Gasteiger partial charge in [0, 0.05) is 17.7 Å². The van der Waals surface area contributed by atoms with E-state index in [9.17, 15) is 9.59 Å². The van der Waals surface area contributed by atoms with Crippen LogP contribution in [0.25, 0.3) is 11.3 Å². The van der Waals surface area contributed by atoms with Gasteiger partial charge < -0.3 is 15.7 Å². The lowest BCUT2D eigenvalue weighted by Crippen LogP contribution is -2.34. The number of rotatable bonds is 5. The summed E-state index contributed by atoms with van der Waals surface area (Å²) in [4.78, 5) is 25.9. The number of nitrogens with zero attached hydrogens (tertiary/aromatic N) is 2. The standard InChI is InChI=1S/C21H20N4O3.CH4/c22-10-16(13-4-2-1-3-5-13)20(26)25-11-17-18(12-25)23-24-19(17)14-6-8-15(9-7-14)21(27)28;/h1-9,16H,10-12,22H2,(H,23,24)(H,27,28);1H4. The lowest BCUT2D eigenvalue weighted by molar-refractivity contribution is -0.133. The van der Waals surface area contributed by atoms with E-state index in [-0.39, 0.29) is 31.4 Å². The maximum absolute atomic E-state index is 13.1. The van der Waals surface area contributed by atoms with E-state index in [0.29, 0.717) is 13.1 Å². The van der Waals surface area contributed by atoms with Crippen molar-refractivity contribution in [1.82, 2.24) is 15.1 Å². The van der Waals surface area contributed by atoms with E-state index < -0.39 is 5.97 Å². The van der Waals surface area contributed by atoms with Crippen LogP contribution in [0.3, 0.4) is 0 Å². The lowest BCUT2D eigenvalue weighted by Gasteiger charge is -2.22. The maximum Gasteiger partial charge on any atom is 0.335 e. The number of fused-ring (bicyclic) bond motifs is 1. The second-order valence-corrected chi connectivity index (χ2v) is 6.81. The number of carbonyl (C=O) groups excluding carboxylic acids is 1. The number of nitrogens with one attached hydrogen (secondary N) is 1. The Hall–Kier alpha value is -3.45. The molecule has 7 nitrogen and oxygen atoms in total. The first-order valence-corrected chi connectivity index (χ1v) is 9.02. The molecule has 3 aromatic rings. The molecule has 0 bridgehead atoms. The summed E-state index contributed by atoms with van der Waals surface area (Å²) in [5.74, 6) is -1.36. The zero-order valence-corrected chi connectivity index (χ0v) is 15.1. The second kappa shape index (κ2) is 8.28. The number of amides is 1. The molecule has 0 radical (unpaired) electrons. The molecular weight excluding hydrogens is 368 g/mol. The van der Waals surface area contributed by atoms with E-state index in [2.05, 4.69) is 10.2 Å². The Morgan fingerprint density at radius 2 is 1.79 bits per heavy atom. The molecule has 1 aliphatic heterocycles. The van der Waals surface area contributed by atoms with Crippen LogP contribution >= 0.6 is 0 Å². The fourth-order valence-corrected chi connectivity index (χ4v) is 3.59. The first-order valence-electron chi connectivity index (χ1n) is 9.02. The molecule has 0 saturated carbocycles. The molecule has 4 rings (SSSR count). The van der Waals surface area contributed by atoms with E-state index >= 15 is 0 Å². The summed E-state index contributed by atoms with van der Waals surface area (Å²) in [6, 6.07) is 16.1. The number of aromatic nitrogens is 2. The molecule has 150 valence electrons. The number of nitrogens with two attached hydrogens (primary N) is 1. The predicted octanol–water partition coefficient (Wildman–Crippen LogP) is 3.00. The van der Waals surface area contributed by atoms with Gasteiger partial charge in [-0.1, -0.05) is 49.9 Å². The van der Waals surface area contributed by atoms with Crippen molar-refractivity contribution in [2.45, 2.75) is 26.4 Å². The molecule has 0 spiro atoms. The highest BCUT2D eigenvalue weighted by Crippen LogP contribution is 2.32. The number of hydrogen-bond acceptors (Lipinski definition) is 4. The Balaban J connectivity index is 0.00000240. The summed E-state index contributed by atoms with van der Waals surface area (Å²) in [5.41, 5.74) is 10.4. The third-order valence-electron chi connectivity index (χ3n) is 5.10. The minimum absolute atomic E-state index is 0. The van der Waals surface area contributed by atoms with E-state index in [1.54, 1.807) is 29.2 Å². The van der Waals surface area contributed by atoms with E-state index in [0.717, 1.165) is 28.1 Å². The number of benzene rings is 2. The molecule has 29 heavy (non-hydrogen) atoms. The van der Waals surface area contributed by atoms with Gasteiger partial charge in [0.15, 0.2) is 0 Å². The topological polar surface area (TPSA) is 112 Å². The van der Waals surface area contributed by atoms with Gasteiger partial charge in [0.2, 0.25) is 5.91 Å². The number of carboxylic acids is 1. The van der Waals surface area contributed by atoms with Crippen LogP contribution < -0.4 is 5.73 Å². The number of hydrogen-bond donors (Lipinski definition) is 3. The molecule has 4 N–H and O–H groups in total. The molecule has 7 heteroatoms. The van der Waals surface area contributed by atoms with Crippen LogP contribution in [-0.2, 0) is 17.9 Å². The van der Waals surface area contributed by atoms with Crippen LogP contribution in [0.4, 0.5) is 0 Å². The molecule has 0 saturated heterocycles. The van der Waals surface area contributed by atoms with Gasteiger partial charge in [-0.15, -0.1) is 0 Å². The van der Waals surface area contributed by atoms with E-state index in [1.165, 1.54) is 0 Å². The van der Waals surface area contributed by atoms with Gasteiger partial charge in [0.05, 0.1) is 36.0 Å². The molecule has 0 fully saturated rings. The molecule has 1 aromatic heterocycles. The highest BCUT2D eigenvalue weighted by Gasteiger charge is 2.32. The molecule has 1 aliphatic rings. The molecule has 2 heterocycles. The quantitative estimate of drug-likeness (QED) is 0.618. The molecule has 0 aliphatic carbocycles. The van der Waals surface area contributed by atoms with Gasteiger partial charge in [-0.25, -0.2) is 4.79 Å². The van der Waals surface area contributed by atoms with Gasteiger partial charge in [-0.05, 0) is 17.7 Å². The van der Waals surface area contributed by atoms with Crippen LogP contribution in [0, 0.1) is 0 Å². The Morgan fingerprint density at radius 3 is 2.41 bits per heavy atom. The monoisotopic (exact) mass is 392 g/mol. The molecule has 1 amide bonds. The maximum atomic E-state index is 13.1. The largest absolute Gasteiger partial charge is 0.478 e. The summed E-state index contributed by atoms with van der Waals surface area (Å²) in [7, 11) is 0. The summed E-state index contributed by atoms with van der Waals surface area (Å²) in [6.45, 7) is 1.15. The first kappa shape index (κ1) is 20.3. The first-order chi connectivity index (χ1) is 13.6. The highest BCUT2D eigenvalue weighted by molar-refractivity contribution is 5.88. The van der Waals surface area contributed by atoms with Crippen molar-refractivity contribution in [3.05, 3.63) is 77.0 Å². The summed E-state index contributed by atoms with van der Waals surface area (Å²) >= 11 is 0. The van der Waals surface area contributed by atoms with Crippen molar-refractivity contribution in [1.29, 1.82) is 0 Å². The fourth-order valence-electron chi connectivity index (χ4n) is 3.59. The number of H-pyrrole nitrogens is 1. The molecule has 1 atom stereocenters. The highest BCUT2D eigenvalue weighted by atomic mass is 16.4. The van der Waals surface area contributed by atoms with Crippen molar-refractivity contribution in [2.24, 2.45) is 5.73 Å². The zero-order chi connectivity index (χ0) is 19.7. The SMILES string of the molecule is C.NCC(C(=O)N1Cc2[nH]nc(-c3ccc(C(=O)O)cc3)c2C1)c1ccccc1. The van der Waals surface area contributed by atoms with E-state index in [1.807, 2.05) is 30.3 Å². The van der Waals surface area contributed by atoms with Crippen molar-refractivity contribution in [3.63, 3.8) is 0 Å². The molecular formula is C22H24N4O3. The van der Waals surface area contributed by atoms with Gasteiger partial charge >= 0.3 is 5.97 Å². The second-order valence-electron chi connectivity index (χ2n) is 6.81. The lowest BCUT2D eigenvalue weighted by atomic mass is 9.98. The van der Waals surface area contributed by atoms with Crippen molar-refractivity contribution < 1.29 is 14.7 Å². The zero-order valence-electron chi connectivity index (χ0n) is 15.1. The van der Waals surface area contributed by atoms with Crippen LogP contribution in [0.1, 0.15) is 40.5 Å². The van der Waals surface area contributed by atoms with Crippen LogP contribution in [0.5, 0.6) is 0 Å². The average molecular weight is 392 g/mol. The average Bonchev–Trinajstić information content (AvgIpc) is 3.30. The Morgan fingerprint density at radius 1 is 1.10 bits per heavy atom. The van der Waals surface area contributed by atoms with Crippen LogP contribution in [0.15, 0.2) is 54.6 Å². The molecule has 1 unspecified atom stereocenters. The van der Waals surface area contributed by atoms with E-state index in [4.69, 9.17) is 10.8 Å². The molecule has 2 aromatic carbocycles. The normalized spacial score (nSPS) is 13.5. The Kier molecular flexibility index (Phi) is 5.79. The van der Waals surface area contributed by atoms with Gasteiger partial charge in [0.1, 0.15) is 0 Å². The summed E-state index contributed by atoms with van der Waals surface area (Å²) in [6.07, 6.45) is 0. The number of aromatic amines is 1. The fraction of sp³-hybridized carbons (Fsp3) is 0.227. The Bertz CT molecular complexity index is 1010. The number of aromatic carboxylic acids is 1. The van der Waals surface area contributed by atoms with Crippen LogP contribution in [-0.4, -0.2) is 38.6 Å². The third kappa shape index (κ3) is 3.77. The predicted molar refractivity (Wildman–Crippen MR) is 110 cm³/mol. The van der Waals surface area contributed by atoms with Gasteiger partial charge in [-0.3, -0.25) is 9.89 Å². The van der Waals surface area contributed by atoms with Crippen molar-refractivity contribution in [2.75, 3.05) is 6.54 Å². The summed E-state index contributed by atoms with van der Waals surface area (Å²) in [5, 5.41) is 16.4. The van der Waals surface area contributed by atoms with Crippen LogP contribution in [0.2, 0.25) is 0 Å². The minimum Gasteiger partial charge on any atom is -0.478 e. The smallest absolute Gasteiger partial charge is 0.335 e. The van der Waals surface area contributed by atoms with Gasteiger partial charge in [-0.2, -0.15) is 5.10 Å². The summed E-state index contributed by atoms with van der Waals surface area (Å²) < 4.78 is 0. The third-order valence-corrected chi connectivity index (χ3v) is 5.10. The van der Waals surface area contributed by atoms with Crippen molar-refractivity contribution in [3.8, 4) is 11.3 Å². The Labute approximate surface area is 169 Å². The number of carboxylic acid groups (broad SMARTS) is 1. The number of carbonyl (C=O) groups is 2. The van der Waals surface area contributed by atoms with Gasteiger partial charge in [0.25, 0.3) is 0 Å².